The second-order valence-electron chi connectivity index (χ2n) is 3.00. The summed E-state index contributed by atoms with van der Waals surface area (Å²) in [6.07, 6.45) is 0.352. The maximum absolute atomic E-state index is 10.9. The molecule has 0 atom stereocenters. The molecule has 0 bridgehead atoms. The van der Waals surface area contributed by atoms with Gasteiger partial charge in [-0.25, -0.2) is 0 Å². The van der Waals surface area contributed by atoms with E-state index in [1.165, 1.54) is 0 Å². The summed E-state index contributed by atoms with van der Waals surface area (Å²) < 4.78 is 5.20. The van der Waals surface area contributed by atoms with Crippen molar-refractivity contribution < 1.29 is 9.53 Å². The Morgan fingerprint density at radius 2 is 2.43 bits per heavy atom. The van der Waals surface area contributed by atoms with Gasteiger partial charge in [0.05, 0.1) is 18.2 Å². The Balaban J connectivity index is 2.32. The molecule has 70 valence electrons. The summed E-state index contributed by atoms with van der Waals surface area (Å²) >= 11 is 0. The van der Waals surface area contributed by atoms with Gasteiger partial charge in [-0.15, -0.1) is 0 Å². The van der Waals surface area contributed by atoms with Gasteiger partial charge in [0.15, 0.2) is 6.61 Å². The number of carbonyl (C=O) groups excluding carboxylic acids is 1. The minimum atomic E-state index is -0.148. The van der Waals surface area contributed by atoms with Gasteiger partial charge in [-0.2, -0.15) is 5.26 Å². The third-order valence-electron chi connectivity index (χ3n) is 1.96. The molecule has 0 aromatic heterocycles. The lowest BCUT2D eigenvalue weighted by Gasteiger charge is -2.17. The first-order valence-corrected chi connectivity index (χ1v) is 4.22. The van der Waals surface area contributed by atoms with Gasteiger partial charge in [0, 0.05) is 0 Å². The highest BCUT2D eigenvalue weighted by molar-refractivity contribution is 5.95. The van der Waals surface area contributed by atoms with Crippen LogP contribution in [0.1, 0.15) is 5.56 Å². The molecule has 1 amide bonds. The number of fused-ring (bicyclic) bond motifs is 1. The summed E-state index contributed by atoms with van der Waals surface area (Å²) in [5, 5.41) is 11.2. The summed E-state index contributed by atoms with van der Waals surface area (Å²) in [4.78, 5) is 10.9. The van der Waals surface area contributed by atoms with E-state index < -0.39 is 0 Å². The van der Waals surface area contributed by atoms with Gasteiger partial charge < -0.3 is 10.1 Å². The largest absolute Gasteiger partial charge is 0.482 e. The molecule has 0 fully saturated rings. The highest BCUT2D eigenvalue weighted by Crippen LogP contribution is 2.28. The van der Waals surface area contributed by atoms with Crippen LogP contribution in [0.2, 0.25) is 0 Å². The highest BCUT2D eigenvalue weighted by atomic mass is 16.5. The first-order chi connectivity index (χ1) is 6.79. The molecule has 0 spiro atoms. The molecule has 1 heterocycles. The van der Waals surface area contributed by atoms with Crippen LogP contribution >= 0.6 is 0 Å². The van der Waals surface area contributed by atoms with Gasteiger partial charge >= 0.3 is 0 Å². The van der Waals surface area contributed by atoms with Crippen LogP contribution in [-0.4, -0.2) is 12.5 Å². The number of carbonyl (C=O) groups is 1. The quantitative estimate of drug-likeness (QED) is 0.717. The molecule has 1 aromatic rings. The highest BCUT2D eigenvalue weighted by Gasteiger charge is 2.15. The second kappa shape index (κ2) is 3.38. The Bertz CT molecular complexity index is 421. The average molecular weight is 188 g/mol. The predicted octanol–water partition coefficient (Wildman–Crippen LogP) is 1.08. The van der Waals surface area contributed by atoms with Gasteiger partial charge in [0.25, 0.3) is 5.91 Å². The van der Waals surface area contributed by atoms with Gasteiger partial charge in [-0.05, 0) is 17.7 Å². The maximum Gasteiger partial charge on any atom is 0.262 e. The standard InChI is InChI=1S/C10H8N2O2/c11-4-3-7-1-2-8-9(5-7)14-6-10(13)12-8/h1-2,5H,3,6H2,(H,12,13). The first-order valence-electron chi connectivity index (χ1n) is 4.22. The summed E-state index contributed by atoms with van der Waals surface area (Å²) in [6.45, 7) is 0.0446. The average Bonchev–Trinajstić information content (AvgIpc) is 2.19. The van der Waals surface area contributed by atoms with E-state index in [2.05, 4.69) is 11.4 Å². The molecule has 4 heteroatoms. The maximum atomic E-state index is 10.9. The monoisotopic (exact) mass is 188 g/mol. The molecule has 1 aromatic carbocycles. The predicted molar refractivity (Wildman–Crippen MR) is 49.9 cm³/mol. The van der Waals surface area contributed by atoms with Gasteiger partial charge in [0.1, 0.15) is 5.75 Å². The fraction of sp³-hybridized carbons (Fsp3) is 0.200. The number of hydrogen-bond acceptors (Lipinski definition) is 3. The van der Waals surface area contributed by atoms with Crippen molar-refractivity contribution in [3.05, 3.63) is 23.8 Å². The molecule has 4 nitrogen and oxygen atoms in total. The normalized spacial score (nSPS) is 13.5. The molecule has 0 saturated carbocycles. The van der Waals surface area contributed by atoms with Crippen LogP contribution in [0.25, 0.3) is 0 Å². The Hall–Kier alpha value is -2.02. The van der Waals surface area contributed by atoms with Gasteiger partial charge in [-0.1, -0.05) is 6.07 Å². The molecule has 0 saturated heterocycles. The number of benzene rings is 1. The summed E-state index contributed by atoms with van der Waals surface area (Å²) in [6, 6.07) is 7.38. The van der Waals surface area contributed by atoms with Crippen LogP contribution in [0, 0.1) is 11.3 Å². The van der Waals surface area contributed by atoms with E-state index in [0.717, 1.165) is 5.56 Å². The molecular formula is C10H8N2O2. The van der Waals surface area contributed by atoms with E-state index in [9.17, 15) is 4.79 Å². The number of anilines is 1. The van der Waals surface area contributed by atoms with Crippen LogP contribution in [0.3, 0.4) is 0 Å². The molecule has 0 unspecified atom stereocenters. The van der Waals surface area contributed by atoms with Crippen molar-refractivity contribution in [1.82, 2.24) is 0 Å². The van der Waals surface area contributed by atoms with Crippen LogP contribution < -0.4 is 10.1 Å². The van der Waals surface area contributed by atoms with E-state index in [0.29, 0.717) is 17.9 Å². The lowest BCUT2D eigenvalue weighted by Crippen LogP contribution is -2.25. The van der Waals surface area contributed by atoms with E-state index >= 15 is 0 Å². The Kier molecular flexibility index (Phi) is 2.07. The first kappa shape index (κ1) is 8.57. The van der Waals surface area contributed by atoms with Crippen molar-refractivity contribution in [3.63, 3.8) is 0 Å². The Morgan fingerprint density at radius 3 is 3.21 bits per heavy atom. The van der Waals surface area contributed by atoms with E-state index in [1.54, 1.807) is 18.2 Å². The number of hydrogen-bond donors (Lipinski definition) is 1. The smallest absolute Gasteiger partial charge is 0.262 e. The lowest BCUT2D eigenvalue weighted by atomic mass is 10.1. The number of nitriles is 1. The minimum Gasteiger partial charge on any atom is -0.482 e. The fourth-order valence-corrected chi connectivity index (χ4v) is 1.32. The number of rotatable bonds is 1. The number of amides is 1. The molecule has 2 rings (SSSR count). The fourth-order valence-electron chi connectivity index (χ4n) is 1.32. The van der Waals surface area contributed by atoms with E-state index in [4.69, 9.17) is 10.00 Å². The van der Waals surface area contributed by atoms with E-state index in [-0.39, 0.29) is 12.5 Å². The van der Waals surface area contributed by atoms with Gasteiger partial charge in [-0.3, -0.25) is 4.79 Å². The van der Waals surface area contributed by atoms with Crippen molar-refractivity contribution in [2.45, 2.75) is 6.42 Å². The van der Waals surface area contributed by atoms with Crippen molar-refractivity contribution in [2.24, 2.45) is 0 Å². The van der Waals surface area contributed by atoms with Crippen LogP contribution in [-0.2, 0) is 11.2 Å². The second-order valence-corrected chi connectivity index (χ2v) is 3.00. The van der Waals surface area contributed by atoms with E-state index in [1.807, 2.05) is 0 Å². The molecule has 0 aliphatic carbocycles. The van der Waals surface area contributed by atoms with Crippen molar-refractivity contribution >= 4 is 11.6 Å². The van der Waals surface area contributed by atoms with Crippen molar-refractivity contribution in [1.29, 1.82) is 5.26 Å². The van der Waals surface area contributed by atoms with Crippen molar-refractivity contribution in [2.75, 3.05) is 11.9 Å². The summed E-state index contributed by atoms with van der Waals surface area (Å²) in [7, 11) is 0. The third-order valence-corrected chi connectivity index (χ3v) is 1.96. The van der Waals surface area contributed by atoms with Crippen LogP contribution in [0.15, 0.2) is 18.2 Å². The molecule has 1 N–H and O–H groups in total. The lowest BCUT2D eigenvalue weighted by molar-refractivity contribution is -0.118. The molecular weight excluding hydrogens is 180 g/mol. The number of nitrogens with one attached hydrogen (secondary N) is 1. The number of ether oxygens (including phenoxy) is 1. The molecule has 1 aliphatic heterocycles. The summed E-state index contributed by atoms with van der Waals surface area (Å²) in [5.41, 5.74) is 1.56. The molecule has 1 aliphatic rings. The summed E-state index contributed by atoms with van der Waals surface area (Å²) in [5.74, 6) is 0.489. The van der Waals surface area contributed by atoms with Gasteiger partial charge in [0.2, 0.25) is 0 Å². The zero-order chi connectivity index (χ0) is 9.97. The Labute approximate surface area is 81.1 Å². The van der Waals surface area contributed by atoms with Crippen LogP contribution in [0.5, 0.6) is 5.75 Å². The third kappa shape index (κ3) is 1.52. The zero-order valence-corrected chi connectivity index (χ0v) is 7.41. The topological polar surface area (TPSA) is 62.1 Å². The minimum absolute atomic E-state index is 0.0446. The molecule has 0 radical (unpaired) electrons. The van der Waals surface area contributed by atoms with Crippen molar-refractivity contribution in [3.8, 4) is 11.8 Å². The Morgan fingerprint density at radius 1 is 1.57 bits per heavy atom. The SMILES string of the molecule is N#CCc1ccc2c(c1)OCC(=O)N2. The molecule has 14 heavy (non-hydrogen) atoms. The zero-order valence-electron chi connectivity index (χ0n) is 7.41. The number of nitrogens with zero attached hydrogens (tertiary/aromatic N) is 1. The van der Waals surface area contributed by atoms with Crippen LogP contribution in [0.4, 0.5) is 5.69 Å².